The van der Waals surface area contributed by atoms with Crippen molar-refractivity contribution < 1.29 is 9.53 Å². The van der Waals surface area contributed by atoms with Gasteiger partial charge in [-0.2, -0.15) is 5.10 Å². The number of carbonyl (C=O) groups excluding carboxylic acids is 1. The van der Waals surface area contributed by atoms with Crippen LogP contribution in [0, 0.1) is 0 Å². The SMILES string of the molecule is COC(=O)c1cncc(NCc2ncn(C)n2)n1. The van der Waals surface area contributed by atoms with Crippen molar-refractivity contribution in [1.29, 1.82) is 0 Å². The third-order valence-electron chi connectivity index (χ3n) is 2.10. The second-order valence-electron chi connectivity index (χ2n) is 3.47. The van der Waals surface area contributed by atoms with E-state index >= 15 is 0 Å². The van der Waals surface area contributed by atoms with Crippen molar-refractivity contribution >= 4 is 11.8 Å². The molecule has 0 aromatic carbocycles. The lowest BCUT2D eigenvalue weighted by Gasteiger charge is -2.03. The molecule has 94 valence electrons. The van der Waals surface area contributed by atoms with Gasteiger partial charge in [0.1, 0.15) is 12.1 Å². The van der Waals surface area contributed by atoms with Crippen molar-refractivity contribution in [2.45, 2.75) is 6.54 Å². The van der Waals surface area contributed by atoms with E-state index in [0.29, 0.717) is 18.2 Å². The molecule has 0 bridgehead atoms. The van der Waals surface area contributed by atoms with Crippen LogP contribution >= 0.6 is 0 Å². The zero-order valence-electron chi connectivity index (χ0n) is 9.99. The number of methoxy groups -OCH3 is 1. The smallest absolute Gasteiger partial charge is 0.358 e. The van der Waals surface area contributed by atoms with E-state index in [0.717, 1.165) is 0 Å². The Kier molecular flexibility index (Phi) is 3.46. The standard InChI is InChI=1S/C10H12N6O2/c1-16-6-13-9(15-16)5-12-8-4-11-3-7(14-8)10(17)18-2/h3-4,6H,5H2,1-2H3,(H,12,14). The van der Waals surface area contributed by atoms with Gasteiger partial charge < -0.3 is 10.1 Å². The fraction of sp³-hybridized carbons (Fsp3) is 0.300. The summed E-state index contributed by atoms with van der Waals surface area (Å²) in [6, 6.07) is 0. The first-order valence-corrected chi connectivity index (χ1v) is 5.18. The van der Waals surface area contributed by atoms with E-state index in [2.05, 4.69) is 30.1 Å². The molecule has 0 aliphatic heterocycles. The van der Waals surface area contributed by atoms with Crippen LogP contribution in [0.1, 0.15) is 16.3 Å². The first-order valence-electron chi connectivity index (χ1n) is 5.18. The molecule has 0 unspecified atom stereocenters. The van der Waals surface area contributed by atoms with E-state index in [-0.39, 0.29) is 5.69 Å². The van der Waals surface area contributed by atoms with Gasteiger partial charge in [0.05, 0.1) is 26.0 Å². The van der Waals surface area contributed by atoms with E-state index in [4.69, 9.17) is 0 Å². The normalized spacial score (nSPS) is 10.1. The summed E-state index contributed by atoms with van der Waals surface area (Å²) in [5.74, 6) is 0.565. The molecule has 0 saturated heterocycles. The number of hydrogen-bond donors (Lipinski definition) is 1. The topological polar surface area (TPSA) is 94.8 Å². The van der Waals surface area contributed by atoms with Gasteiger partial charge in [-0.1, -0.05) is 0 Å². The summed E-state index contributed by atoms with van der Waals surface area (Å²) < 4.78 is 6.16. The van der Waals surface area contributed by atoms with E-state index in [9.17, 15) is 4.79 Å². The Bertz CT molecular complexity index is 553. The lowest BCUT2D eigenvalue weighted by atomic mass is 10.4. The summed E-state index contributed by atoms with van der Waals surface area (Å²) in [5, 5.41) is 7.08. The number of nitrogens with zero attached hydrogens (tertiary/aromatic N) is 5. The maximum atomic E-state index is 11.3. The third kappa shape index (κ3) is 2.78. The van der Waals surface area contributed by atoms with E-state index in [1.165, 1.54) is 19.5 Å². The van der Waals surface area contributed by atoms with Gasteiger partial charge in [-0.25, -0.2) is 14.8 Å². The van der Waals surface area contributed by atoms with Crippen LogP contribution in [-0.4, -0.2) is 37.8 Å². The Hall–Kier alpha value is -2.51. The average molecular weight is 248 g/mol. The zero-order chi connectivity index (χ0) is 13.0. The quantitative estimate of drug-likeness (QED) is 0.761. The van der Waals surface area contributed by atoms with Crippen molar-refractivity contribution in [1.82, 2.24) is 24.7 Å². The molecule has 2 aromatic heterocycles. The summed E-state index contributed by atoms with van der Waals surface area (Å²) in [6.45, 7) is 0.403. The van der Waals surface area contributed by atoms with Crippen molar-refractivity contribution in [3.8, 4) is 0 Å². The Labute approximate surface area is 103 Å². The largest absolute Gasteiger partial charge is 0.464 e. The van der Waals surface area contributed by atoms with Crippen LogP contribution in [0.5, 0.6) is 0 Å². The first-order chi connectivity index (χ1) is 8.69. The molecule has 0 aliphatic carbocycles. The predicted octanol–water partition coefficient (Wildman–Crippen LogP) is 0.00380. The highest BCUT2D eigenvalue weighted by Crippen LogP contribution is 2.04. The zero-order valence-corrected chi connectivity index (χ0v) is 9.99. The number of aromatic nitrogens is 5. The van der Waals surface area contributed by atoms with Gasteiger partial charge in [-0.05, 0) is 0 Å². The van der Waals surface area contributed by atoms with E-state index in [1.54, 1.807) is 18.1 Å². The predicted molar refractivity (Wildman–Crippen MR) is 61.7 cm³/mol. The number of aryl methyl sites for hydroxylation is 1. The molecule has 0 amide bonds. The molecule has 0 atom stereocenters. The lowest BCUT2D eigenvalue weighted by molar-refractivity contribution is 0.0593. The molecule has 0 radical (unpaired) electrons. The van der Waals surface area contributed by atoms with E-state index < -0.39 is 5.97 Å². The van der Waals surface area contributed by atoms with Crippen LogP contribution in [0.3, 0.4) is 0 Å². The van der Waals surface area contributed by atoms with Crippen molar-refractivity contribution in [3.63, 3.8) is 0 Å². The Morgan fingerprint density at radius 3 is 3.00 bits per heavy atom. The van der Waals surface area contributed by atoms with Crippen LogP contribution in [0.4, 0.5) is 5.82 Å². The Morgan fingerprint density at radius 1 is 1.50 bits per heavy atom. The summed E-state index contributed by atoms with van der Waals surface area (Å²) in [4.78, 5) is 23.3. The molecule has 8 heteroatoms. The number of anilines is 1. The maximum Gasteiger partial charge on any atom is 0.358 e. The fourth-order valence-electron chi connectivity index (χ4n) is 1.29. The van der Waals surface area contributed by atoms with Crippen LogP contribution in [0.15, 0.2) is 18.7 Å². The number of carbonyl (C=O) groups is 1. The third-order valence-corrected chi connectivity index (χ3v) is 2.10. The van der Waals surface area contributed by atoms with Gasteiger partial charge in [0.25, 0.3) is 0 Å². The summed E-state index contributed by atoms with van der Waals surface area (Å²) in [7, 11) is 3.08. The Balaban J connectivity index is 2.03. The van der Waals surface area contributed by atoms with Gasteiger partial charge >= 0.3 is 5.97 Å². The number of nitrogens with one attached hydrogen (secondary N) is 1. The molecule has 0 saturated carbocycles. The van der Waals surface area contributed by atoms with Gasteiger partial charge in [-0.3, -0.25) is 9.67 Å². The fourth-order valence-corrected chi connectivity index (χ4v) is 1.29. The second-order valence-corrected chi connectivity index (χ2v) is 3.47. The van der Waals surface area contributed by atoms with Crippen LogP contribution in [-0.2, 0) is 18.3 Å². The van der Waals surface area contributed by atoms with Crippen LogP contribution in [0.2, 0.25) is 0 Å². The van der Waals surface area contributed by atoms with Crippen LogP contribution < -0.4 is 5.32 Å². The minimum Gasteiger partial charge on any atom is -0.464 e. The minimum atomic E-state index is -0.526. The second kappa shape index (κ2) is 5.21. The molecule has 2 rings (SSSR count). The number of rotatable bonds is 4. The molecule has 1 N–H and O–H groups in total. The first kappa shape index (κ1) is 12.0. The highest BCUT2D eigenvalue weighted by Gasteiger charge is 2.08. The molecular formula is C10H12N6O2. The molecule has 18 heavy (non-hydrogen) atoms. The molecule has 0 spiro atoms. The van der Waals surface area contributed by atoms with Gasteiger partial charge in [0.15, 0.2) is 11.5 Å². The van der Waals surface area contributed by atoms with Crippen LogP contribution in [0.25, 0.3) is 0 Å². The molecule has 8 nitrogen and oxygen atoms in total. The highest BCUT2D eigenvalue weighted by atomic mass is 16.5. The molecule has 0 aliphatic rings. The van der Waals surface area contributed by atoms with Gasteiger partial charge in [0, 0.05) is 7.05 Å². The van der Waals surface area contributed by atoms with Crippen molar-refractivity contribution in [2.75, 3.05) is 12.4 Å². The van der Waals surface area contributed by atoms with E-state index in [1.807, 2.05) is 0 Å². The van der Waals surface area contributed by atoms with Gasteiger partial charge in [-0.15, -0.1) is 0 Å². The monoisotopic (exact) mass is 248 g/mol. The number of hydrogen-bond acceptors (Lipinski definition) is 7. The molecular weight excluding hydrogens is 236 g/mol. The summed E-state index contributed by atoms with van der Waals surface area (Å²) in [6.07, 6.45) is 4.46. The molecule has 2 aromatic rings. The van der Waals surface area contributed by atoms with Crippen molar-refractivity contribution in [3.05, 3.63) is 30.2 Å². The van der Waals surface area contributed by atoms with Crippen molar-refractivity contribution in [2.24, 2.45) is 7.05 Å². The lowest BCUT2D eigenvalue weighted by Crippen LogP contribution is -2.09. The molecule has 0 fully saturated rings. The molecule has 2 heterocycles. The average Bonchev–Trinajstić information content (AvgIpc) is 2.81. The summed E-state index contributed by atoms with van der Waals surface area (Å²) >= 11 is 0. The number of esters is 1. The Morgan fingerprint density at radius 2 is 2.33 bits per heavy atom. The number of ether oxygens (including phenoxy) is 1. The maximum absolute atomic E-state index is 11.3. The highest BCUT2D eigenvalue weighted by molar-refractivity contribution is 5.87. The minimum absolute atomic E-state index is 0.150. The summed E-state index contributed by atoms with van der Waals surface area (Å²) in [5.41, 5.74) is 0.150. The van der Waals surface area contributed by atoms with Gasteiger partial charge in [0.2, 0.25) is 0 Å².